The van der Waals surface area contributed by atoms with E-state index in [0.717, 1.165) is 6.07 Å². The van der Waals surface area contributed by atoms with Crippen molar-refractivity contribution in [1.29, 1.82) is 0 Å². The molecule has 0 radical (unpaired) electrons. The summed E-state index contributed by atoms with van der Waals surface area (Å²) in [5.74, 6) is -1.64. The summed E-state index contributed by atoms with van der Waals surface area (Å²) in [5.41, 5.74) is -0.217. The van der Waals surface area contributed by atoms with Gasteiger partial charge >= 0.3 is 6.18 Å². The highest BCUT2D eigenvalue weighted by molar-refractivity contribution is 6.34. The van der Waals surface area contributed by atoms with Crippen molar-refractivity contribution in [3.05, 3.63) is 34.6 Å². The van der Waals surface area contributed by atoms with Crippen LogP contribution in [0.5, 0.6) is 0 Å². The van der Waals surface area contributed by atoms with Crippen LogP contribution in [0.3, 0.4) is 0 Å². The standard InChI is InChI=1S/C10H7ClF4O/c11-9-6(2-1-3-7(9)12)8(16)4-5-10(13,14)15/h1-3H,4-5H2. The summed E-state index contributed by atoms with van der Waals surface area (Å²) in [7, 11) is 0. The molecular weight excluding hydrogens is 248 g/mol. The van der Waals surface area contributed by atoms with Crippen molar-refractivity contribution in [2.75, 3.05) is 0 Å². The first kappa shape index (κ1) is 13.0. The molecule has 0 N–H and O–H groups in total. The molecule has 0 atom stereocenters. The number of carbonyl (C=O) groups is 1. The number of benzene rings is 1. The lowest BCUT2D eigenvalue weighted by Crippen LogP contribution is -2.11. The maximum atomic E-state index is 12.9. The van der Waals surface area contributed by atoms with Gasteiger partial charge in [-0.25, -0.2) is 4.39 Å². The summed E-state index contributed by atoms with van der Waals surface area (Å²) in [5, 5.41) is -0.435. The smallest absolute Gasteiger partial charge is 0.294 e. The molecule has 88 valence electrons. The van der Waals surface area contributed by atoms with Crippen molar-refractivity contribution >= 4 is 17.4 Å². The minimum absolute atomic E-state index is 0.217. The summed E-state index contributed by atoms with van der Waals surface area (Å²) in [4.78, 5) is 11.3. The topological polar surface area (TPSA) is 17.1 Å². The van der Waals surface area contributed by atoms with Crippen molar-refractivity contribution < 1.29 is 22.4 Å². The Morgan fingerprint density at radius 2 is 1.94 bits per heavy atom. The van der Waals surface area contributed by atoms with E-state index >= 15 is 0 Å². The van der Waals surface area contributed by atoms with Gasteiger partial charge in [0.1, 0.15) is 5.82 Å². The van der Waals surface area contributed by atoms with Crippen LogP contribution in [-0.2, 0) is 0 Å². The van der Waals surface area contributed by atoms with Crippen LogP contribution in [0.2, 0.25) is 5.02 Å². The van der Waals surface area contributed by atoms with Crippen LogP contribution in [0.15, 0.2) is 18.2 Å². The highest BCUT2D eigenvalue weighted by Crippen LogP contribution is 2.25. The number of ketones is 1. The van der Waals surface area contributed by atoms with Crippen molar-refractivity contribution in [3.63, 3.8) is 0 Å². The molecule has 0 spiro atoms. The maximum Gasteiger partial charge on any atom is 0.389 e. The van der Waals surface area contributed by atoms with Crippen molar-refractivity contribution in [1.82, 2.24) is 0 Å². The summed E-state index contributed by atoms with van der Waals surface area (Å²) < 4.78 is 48.5. The third-order valence-corrected chi connectivity index (χ3v) is 2.27. The SMILES string of the molecule is O=C(CCC(F)(F)F)c1cccc(F)c1Cl. The maximum absolute atomic E-state index is 12.9. The second-order valence-corrected chi connectivity index (χ2v) is 3.52. The Labute approximate surface area is 94.0 Å². The summed E-state index contributed by atoms with van der Waals surface area (Å²) in [6.07, 6.45) is -6.37. The van der Waals surface area contributed by atoms with Crippen LogP contribution in [-0.4, -0.2) is 12.0 Å². The van der Waals surface area contributed by atoms with E-state index in [1.54, 1.807) is 0 Å². The average Bonchev–Trinajstić information content (AvgIpc) is 2.17. The van der Waals surface area contributed by atoms with E-state index in [2.05, 4.69) is 0 Å². The normalized spacial score (nSPS) is 11.6. The van der Waals surface area contributed by atoms with Gasteiger partial charge in [-0.3, -0.25) is 4.79 Å². The fourth-order valence-electron chi connectivity index (χ4n) is 1.11. The lowest BCUT2D eigenvalue weighted by molar-refractivity contribution is -0.133. The fourth-order valence-corrected chi connectivity index (χ4v) is 1.34. The van der Waals surface area contributed by atoms with E-state index in [-0.39, 0.29) is 5.56 Å². The van der Waals surface area contributed by atoms with Crippen LogP contribution in [0.4, 0.5) is 17.6 Å². The Hall–Kier alpha value is -1.10. The molecule has 6 heteroatoms. The number of hydrogen-bond acceptors (Lipinski definition) is 1. The Morgan fingerprint density at radius 1 is 1.31 bits per heavy atom. The molecule has 0 saturated carbocycles. The van der Waals surface area contributed by atoms with Gasteiger partial charge < -0.3 is 0 Å². The minimum Gasteiger partial charge on any atom is -0.294 e. The van der Waals surface area contributed by atoms with Crippen LogP contribution in [0.25, 0.3) is 0 Å². The molecule has 1 aromatic carbocycles. The molecule has 0 aliphatic rings. The molecule has 1 nitrogen and oxygen atoms in total. The van der Waals surface area contributed by atoms with Crippen LogP contribution >= 0.6 is 11.6 Å². The Bertz CT molecular complexity index is 400. The van der Waals surface area contributed by atoms with E-state index in [4.69, 9.17) is 11.6 Å². The highest BCUT2D eigenvalue weighted by atomic mass is 35.5. The van der Waals surface area contributed by atoms with Crippen LogP contribution in [0.1, 0.15) is 23.2 Å². The first-order valence-corrected chi connectivity index (χ1v) is 4.73. The quantitative estimate of drug-likeness (QED) is 0.588. The molecule has 0 aliphatic carbocycles. The number of alkyl halides is 3. The molecule has 0 amide bonds. The lowest BCUT2D eigenvalue weighted by atomic mass is 10.1. The number of halogens is 5. The van der Waals surface area contributed by atoms with Crippen molar-refractivity contribution in [2.45, 2.75) is 19.0 Å². The van der Waals surface area contributed by atoms with Crippen molar-refractivity contribution in [2.24, 2.45) is 0 Å². The zero-order chi connectivity index (χ0) is 12.3. The van der Waals surface area contributed by atoms with Crippen LogP contribution < -0.4 is 0 Å². The van der Waals surface area contributed by atoms with Gasteiger partial charge in [-0.05, 0) is 12.1 Å². The molecular formula is C10H7ClF4O. The monoisotopic (exact) mass is 254 g/mol. The highest BCUT2D eigenvalue weighted by Gasteiger charge is 2.28. The van der Waals surface area contributed by atoms with E-state index in [1.165, 1.54) is 12.1 Å². The molecule has 0 saturated heterocycles. The number of carbonyl (C=O) groups excluding carboxylic acids is 1. The van der Waals surface area contributed by atoms with E-state index in [0.29, 0.717) is 0 Å². The largest absolute Gasteiger partial charge is 0.389 e. The number of rotatable bonds is 3. The van der Waals surface area contributed by atoms with Gasteiger partial charge in [0.2, 0.25) is 0 Å². The average molecular weight is 255 g/mol. The summed E-state index contributed by atoms with van der Waals surface area (Å²) in [6, 6.07) is 3.45. The molecule has 0 bridgehead atoms. The van der Waals surface area contributed by atoms with E-state index in [1.807, 2.05) is 0 Å². The van der Waals surface area contributed by atoms with Gasteiger partial charge in [0.15, 0.2) is 5.78 Å². The Balaban J connectivity index is 2.78. The summed E-state index contributed by atoms with van der Waals surface area (Å²) >= 11 is 5.46. The summed E-state index contributed by atoms with van der Waals surface area (Å²) in [6.45, 7) is 0. The molecule has 1 rings (SSSR count). The van der Waals surface area contributed by atoms with Gasteiger partial charge in [-0.2, -0.15) is 13.2 Å². The molecule has 1 aromatic rings. The molecule has 0 aromatic heterocycles. The first-order chi connectivity index (χ1) is 7.31. The zero-order valence-corrected chi connectivity index (χ0v) is 8.70. The zero-order valence-electron chi connectivity index (χ0n) is 7.94. The van der Waals surface area contributed by atoms with Gasteiger partial charge in [0.05, 0.1) is 11.4 Å². The van der Waals surface area contributed by atoms with E-state index < -0.39 is 35.6 Å². The Morgan fingerprint density at radius 3 is 2.50 bits per heavy atom. The second kappa shape index (κ2) is 4.82. The minimum atomic E-state index is -4.41. The lowest BCUT2D eigenvalue weighted by Gasteiger charge is -2.06. The molecule has 0 fully saturated rings. The second-order valence-electron chi connectivity index (χ2n) is 3.14. The third-order valence-electron chi connectivity index (χ3n) is 1.89. The Kier molecular flexibility index (Phi) is 3.91. The van der Waals surface area contributed by atoms with Crippen LogP contribution in [0, 0.1) is 5.82 Å². The molecule has 0 heterocycles. The van der Waals surface area contributed by atoms with Gasteiger partial charge in [-0.1, -0.05) is 17.7 Å². The van der Waals surface area contributed by atoms with Crippen molar-refractivity contribution in [3.8, 4) is 0 Å². The number of hydrogen-bond donors (Lipinski definition) is 0. The fraction of sp³-hybridized carbons (Fsp3) is 0.300. The predicted molar refractivity (Wildman–Crippen MR) is 51.0 cm³/mol. The molecule has 0 unspecified atom stereocenters. The first-order valence-electron chi connectivity index (χ1n) is 4.35. The van der Waals surface area contributed by atoms with E-state index in [9.17, 15) is 22.4 Å². The van der Waals surface area contributed by atoms with Gasteiger partial charge in [-0.15, -0.1) is 0 Å². The number of Topliss-reactive ketones (excluding diaryl/α,β-unsaturated/α-hetero) is 1. The van der Waals surface area contributed by atoms with Gasteiger partial charge in [0, 0.05) is 12.0 Å². The predicted octanol–water partition coefficient (Wildman–Crippen LogP) is 4.00. The molecule has 16 heavy (non-hydrogen) atoms. The molecule has 0 aliphatic heterocycles. The third kappa shape index (κ3) is 3.48. The van der Waals surface area contributed by atoms with Gasteiger partial charge in [0.25, 0.3) is 0 Å².